The SMILES string of the molecule is CSc1ncc(Cl)c(C(=O)Nc2ccccc2C(=O)Nc2ccc3c(c2)OCO3)n1. The normalized spacial score (nSPS) is 11.8. The van der Waals surface area contributed by atoms with Gasteiger partial charge < -0.3 is 20.1 Å². The average molecular weight is 443 g/mol. The van der Waals surface area contributed by atoms with Gasteiger partial charge >= 0.3 is 0 Å². The molecule has 152 valence electrons. The molecule has 0 saturated carbocycles. The van der Waals surface area contributed by atoms with Crippen molar-refractivity contribution in [2.45, 2.75) is 5.16 Å². The number of hydrogen-bond acceptors (Lipinski definition) is 7. The average Bonchev–Trinajstić information content (AvgIpc) is 3.22. The first-order valence-corrected chi connectivity index (χ1v) is 10.3. The lowest BCUT2D eigenvalue weighted by Crippen LogP contribution is -2.19. The second-order valence-electron chi connectivity index (χ2n) is 6.08. The zero-order valence-corrected chi connectivity index (χ0v) is 17.2. The van der Waals surface area contributed by atoms with Crippen molar-refractivity contribution in [2.24, 2.45) is 0 Å². The largest absolute Gasteiger partial charge is 0.454 e. The minimum Gasteiger partial charge on any atom is -0.454 e. The molecule has 1 aliphatic heterocycles. The Bertz CT molecular complexity index is 1140. The molecule has 2 aromatic carbocycles. The summed E-state index contributed by atoms with van der Waals surface area (Å²) >= 11 is 7.36. The molecule has 1 aromatic heterocycles. The van der Waals surface area contributed by atoms with E-state index in [0.717, 1.165) is 0 Å². The first-order valence-electron chi connectivity index (χ1n) is 8.73. The zero-order valence-electron chi connectivity index (χ0n) is 15.6. The molecule has 4 rings (SSSR count). The van der Waals surface area contributed by atoms with Crippen molar-refractivity contribution in [3.05, 3.63) is 64.9 Å². The Kier molecular flexibility index (Phi) is 5.73. The molecule has 0 saturated heterocycles. The Labute approximate surface area is 181 Å². The van der Waals surface area contributed by atoms with Crippen molar-refractivity contribution >= 4 is 46.6 Å². The number of aromatic nitrogens is 2. The summed E-state index contributed by atoms with van der Waals surface area (Å²) in [6.45, 7) is 0.144. The van der Waals surface area contributed by atoms with E-state index in [9.17, 15) is 9.59 Å². The predicted molar refractivity (Wildman–Crippen MR) is 114 cm³/mol. The number of ether oxygens (including phenoxy) is 2. The summed E-state index contributed by atoms with van der Waals surface area (Å²) in [6, 6.07) is 11.7. The van der Waals surface area contributed by atoms with Gasteiger partial charge in [-0.3, -0.25) is 9.59 Å². The van der Waals surface area contributed by atoms with Crippen molar-refractivity contribution < 1.29 is 19.1 Å². The van der Waals surface area contributed by atoms with E-state index in [1.165, 1.54) is 18.0 Å². The Hall–Kier alpha value is -3.30. The molecule has 8 nitrogen and oxygen atoms in total. The van der Waals surface area contributed by atoms with Crippen LogP contribution in [0.25, 0.3) is 0 Å². The number of benzene rings is 2. The van der Waals surface area contributed by atoms with Gasteiger partial charge in [-0.1, -0.05) is 35.5 Å². The maximum atomic E-state index is 12.8. The number of thioether (sulfide) groups is 1. The van der Waals surface area contributed by atoms with Gasteiger partial charge in [0.1, 0.15) is 0 Å². The number of rotatable bonds is 5. The summed E-state index contributed by atoms with van der Waals surface area (Å²) < 4.78 is 10.6. The fourth-order valence-electron chi connectivity index (χ4n) is 2.75. The van der Waals surface area contributed by atoms with Crippen LogP contribution in [0.5, 0.6) is 11.5 Å². The Balaban J connectivity index is 1.55. The molecule has 2 amide bonds. The summed E-state index contributed by atoms with van der Waals surface area (Å²) in [7, 11) is 0. The number of para-hydroxylation sites is 1. The molecule has 30 heavy (non-hydrogen) atoms. The number of fused-ring (bicyclic) bond motifs is 1. The lowest BCUT2D eigenvalue weighted by molar-refractivity contribution is 0.102. The molecule has 0 fully saturated rings. The Morgan fingerprint density at radius 3 is 2.70 bits per heavy atom. The maximum Gasteiger partial charge on any atom is 0.276 e. The van der Waals surface area contributed by atoms with Crippen molar-refractivity contribution in [1.29, 1.82) is 0 Å². The van der Waals surface area contributed by atoms with E-state index in [1.54, 1.807) is 48.7 Å². The van der Waals surface area contributed by atoms with Gasteiger partial charge in [-0.05, 0) is 30.5 Å². The molecular weight excluding hydrogens is 428 g/mol. The number of nitrogens with one attached hydrogen (secondary N) is 2. The molecule has 0 unspecified atom stereocenters. The fraction of sp³-hybridized carbons (Fsp3) is 0.100. The van der Waals surface area contributed by atoms with Crippen LogP contribution >= 0.6 is 23.4 Å². The summed E-state index contributed by atoms with van der Waals surface area (Å²) in [5.74, 6) is 0.230. The second kappa shape index (κ2) is 8.60. The zero-order chi connectivity index (χ0) is 21.1. The molecule has 2 N–H and O–H groups in total. The van der Waals surface area contributed by atoms with Gasteiger partial charge in [-0.25, -0.2) is 9.97 Å². The van der Waals surface area contributed by atoms with Gasteiger partial charge in [-0.2, -0.15) is 0 Å². The van der Waals surface area contributed by atoms with Gasteiger partial charge in [0.05, 0.1) is 22.5 Å². The molecule has 0 spiro atoms. The highest BCUT2D eigenvalue weighted by Crippen LogP contribution is 2.34. The van der Waals surface area contributed by atoms with Gasteiger partial charge in [-0.15, -0.1) is 0 Å². The first kappa shape index (κ1) is 20.0. The van der Waals surface area contributed by atoms with Gasteiger partial charge in [0.25, 0.3) is 11.8 Å². The number of amides is 2. The first-order chi connectivity index (χ1) is 14.5. The van der Waals surface area contributed by atoms with Crippen LogP contribution in [0.4, 0.5) is 11.4 Å². The minimum absolute atomic E-state index is 0.0296. The maximum absolute atomic E-state index is 12.8. The van der Waals surface area contributed by atoms with E-state index in [2.05, 4.69) is 20.6 Å². The third kappa shape index (κ3) is 4.17. The Morgan fingerprint density at radius 2 is 1.87 bits per heavy atom. The molecule has 1 aliphatic rings. The number of nitrogens with zero attached hydrogens (tertiary/aromatic N) is 2. The molecule has 0 radical (unpaired) electrons. The molecule has 0 bridgehead atoms. The van der Waals surface area contributed by atoms with Crippen LogP contribution in [0.1, 0.15) is 20.8 Å². The van der Waals surface area contributed by atoms with Crippen molar-refractivity contribution in [3.63, 3.8) is 0 Å². The van der Waals surface area contributed by atoms with Crippen LogP contribution in [-0.2, 0) is 0 Å². The lowest BCUT2D eigenvalue weighted by atomic mass is 10.1. The van der Waals surface area contributed by atoms with Gasteiger partial charge in [0.2, 0.25) is 6.79 Å². The molecule has 2 heterocycles. The quantitative estimate of drug-likeness (QED) is 0.453. The summed E-state index contributed by atoms with van der Waals surface area (Å²) in [5, 5.41) is 6.02. The van der Waals surface area contributed by atoms with Crippen LogP contribution in [0.15, 0.2) is 53.8 Å². The van der Waals surface area contributed by atoms with Crippen LogP contribution in [0.3, 0.4) is 0 Å². The van der Waals surface area contributed by atoms with E-state index >= 15 is 0 Å². The number of anilines is 2. The minimum atomic E-state index is -0.541. The third-order valence-electron chi connectivity index (χ3n) is 4.17. The van der Waals surface area contributed by atoms with Crippen LogP contribution in [0, 0.1) is 0 Å². The van der Waals surface area contributed by atoms with E-state index in [4.69, 9.17) is 21.1 Å². The summed E-state index contributed by atoms with van der Waals surface area (Å²) in [4.78, 5) is 33.7. The van der Waals surface area contributed by atoms with Crippen molar-refractivity contribution in [2.75, 3.05) is 23.7 Å². The molecular formula is C20H15ClN4O4S. The highest BCUT2D eigenvalue weighted by atomic mass is 35.5. The molecule has 3 aromatic rings. The standard InChI is InChI=1S/C20H15ClN4O4S/c1-30-20-22-9-13(21)17(25-20)19(27)24-14-5-3-2-4-12(14)18(26)23-11-6-7-15-16(8-11)29-10-28-15/h2-9H,10H2,1H3,(H,23,26)(H,24,27). The number of halogens is 1. The van der Waals surface area contributed by atoms with Gasteiger partial charge in [0.15, 0.2) is 22.3 Å². The fourth-order valence-corrected chi connectivity index (χ4v) is 3.27. The molecule has 0 atom stereocenters. The van der Waals surface area contributed by atoms with Crippen molar-refractivity contribution in [1.82, 2.24) is 9.97 Å². The lowest BCUT2D eigenvalue weighted by Gasteiger charge is -2.12. The van der Waals surface area contributed by atoms with Gasteiger partial charge in [0, 0.05) is 11.8 Å². The van der Waals surface area contributed by atoms with Crippen molar-refractivity contribution in [3.8, 4) is 11.5 Å². The van der Waals surface area contributed by atoms with E-state index in [0.29, 0.717) is 28.0 Å². The molecule has 0 aliphatic carbocycles. The van der Waals surface area contributed by atoms with E-state index in [1.807, 2.05) is 0 Å². The predicted octanol–water partition coefficient (Wildman–Crippen LogP) is 4.09. The topological polar surface area (TPSA) is 102 Å². The number of carbonyl (C=O) groups excluding carboxylic acids is 2. The second-order valence-corrected chi connectivity index (χ2v) is 7.26. The van der Waals surface area contributed by atoms with Crippen LogP contribution < -0.4 is 20.1 Å². The Morgan fingerprint density at radius 1 is 1.07 bits per heavy atom. The highest BCUT2D eigenvalue weighted by molar-refractivity contribution is 7.98. The number of carbonyl (C=O) groups is 2. The highest BCUT2D eigenvalue weighted by Gasteiger charge is 2.19. The smallest absolute Gasteiger partial charge is 0.276 e. The number of hydrogen-bond donors (Lipinski definition) is 2. The van der Waals surface area contributed by atoms with Crippen LogP contribution in [-0.4, -0.2) is 34.8 Å². The van der Waals surface area contributed by atoms with E-state index < -0.39 is 11.8 Å². The van der Waals surface area contributed by atoms with E-state index in [-0.39, 0.29) is 23.1 Å². The van der Waals surface area contributed by atoms with Crippen LogP contribution in [0.2, 0.25) is 5.02 Å². The third-order valence-corrected chi connectivity index (χ3v) is 5.01. The summed E-state index contributed by atoms with van der Waals surface area (Å²) in [5.41, 5.74) is 1.16. The summed E-state index contributed by atoms with van der Waals surface area (Å²) in [6.07, 6.45) is 3.16. The monoisotopic (exact) mass is 442 g/mol. The molecule has 10 heteroatoms.